The molecule has 1 heterocycles. The minimum absolute atomic E-state index is 0.0759. The zero-order valence-electron chi connectivity index (χ0n) is 14.0. The molecule has 12 heteroatoms. The average Bonchev–Trinajstić information content (AvgIpc) is 3.01. The van der Waals surface area contributed by atoms with E-state index in [0.717, 1.165) is 6.08 Å². The minimum atomic E-state index is -5.06. The van der Waals surface area contributed by atoms with Crippen LogP contribution in [0.1, 0.15) is 16.9 Å². The van der Waals surface area contributed by atoms with Crippen molar-refractivity contribution in [1.29, 1.82) is 0 Å². The summed E-state index contributed by atoms with van der Waals surface area (Å²) < 4.78 is 86.8. The summed E-state index contributed by atoms with van der Waals surface area (Å²) in [5.41, 5.74) is -3.93. The number of carbonyl (C=O) groups is 2. The molecule has 0 saturated heterocycles. The Balaban J connectivity index is 2.02. The van der Waals surface area contributed by atoms with Gasteiger partial charge in [0.05, 0.1) is 11.1 Å². The van der Waals surface area contributed by atoms with Crippen molar-refractivity contribution in [1.82, 2.24) is 0 Å². The van der Waals surface area contributed by atoms with Gasteiger partial charge >= 0.3 is 18.3 Å². The highest BCUT2D eigenvalue weighted by Crippen LogP contribution is 2.37. The molecular formula is C17H10BrF6NO4. The zero-order chi connectivity index (χ0) is 21.8. The van der Waals surface area contributed by atoms with Gasteiger partial charge in [0, 0.05) is 11.8 Å². The first-order valence-corrected chi connectivity index (χ1v) is 8.33. The van der Waals surface area contributed by atoms with Crippen LogP contribution < -0.4 is 5.32 Å². The number of amides is 1. The number of furan rings is 1. The first-order chi connectivity index (χ1) is 13.3. The lowest BCUT2D eigenvalue weighted by Gasteiger charge is -2.14. The topological polar surface area (TPSA) is 68.5 Å². The Morgan fingerprint density at radius 1 is 1.03 bits per heavy atom. The molecule has 2 aromatic rings. The molecule has 0 bridgehead atoms. The number of hydrogen-bond acceptors (Lipinski definition) is 4. The molecule has 2 rings (SSSR count). The normalized spacial score (nSPS) is 12.2. The molecule has 0 spiro atoms. The predicted octanol–water partition coefficient (Wildman–Crippen LogP) is 5.27. The van der Waals surface area contributed by atoms with E-state index in [4.69, 9.17) is 4.42 Å². The number of halogens is 7. The van der Waals surface area contributed by atoms with Gasteiger partial charge in [-0.05, 0) is 52.3 Å². The Morgan fingerprint density at radius 2 is 1.62 bits per heavy atom. The third-order valence-electron chi connectivity index (χ3n) is 3.19. The maximum Gasteiger partial charge on any atom is 0.416 e. The van der Waals surface area contributed by atoms with E-state index >= 15 is 0 Å². The van der Waals surface area contributed by atoms with Crippen LogP contribution in [0, 0.1) is 0 Å². The van der Waals surface area contributed by atoms with Gasteiger partial charge in [0.2, 0.25) is 0 Å². The molecule has 0 aliphatic heterocycles. The first kappa shape index (κ1) is 22.5. The molecule has 0 aliphatic carbocycles. The summed E-state index contributed by atoms with van der Waals surface area (Å²) in [7, 11) is 0. The second-order valence-corrected chi connectivity index (χ2v) is 6.21. The van der Waals surface area contributed by atoms with Gasteiger partial charge < -0.3 is 14.5 Å². The van der Waals surface area contributed by atoms with E-state index in [1.54, 1.807) is 6.07 Å². The summed E-state index contributed by atoms with van der Waals surface area (Å²) in [5.74, 6) is -1.81. The highest BCUT2D eigenvalue weighted by molar-refractivity contribution is 9.10. The van der Waals surface area contributed by atoms with Gasteiger partial charge in [0.1, 0.15) is 5.76 Å². The second-order valence-electron chi connectivity index (χ2n) is 5.43. The van der Waals surface area contributed by atoms with Crippen molar-refractivity contribution >= 4 is 39.6 Å². The fourth-order valence-corrected chi connectivity index (χ4v) is 2.30. The number of esters is 1. The minimum Gasteiger partial charge on any atom is -0.452 e. The van der Waals surface area contributed by atoms with E-state index in [-0.39, 0.29) is 6.07 Å². The molecule has 0 saturated carbocycles. The Labute approximate surface area is 167 Å². The van der Waals surface area contributed by atoms with Gasteiger partial charge in [-0.3, -0.25) is 4.79 Å². The van der Waals surface area contributed by atoms with E-state index in [1.807, 2.05) is 5.32 Å². The van der Waals surface area contributed by atoms with Gasteiger partial charge in [-0.2, -0.15) is 26.3 Å². The first-order valence-electron chi connectivity index (χ1n) is 7.54. The fraction of sp³-hybridized carbons (Fsp3) is 0.176. The van der Waals surface area contributed by atoms with Crippen LogP contribution in [0.25, 0.3) is 6.08 Å². The molecular weight excluding hydrogens is 476 g/mol. The van der Waals surface area contributed by atoms with E-state index in [1.165, 1.54) is 12.1 Å². The van der Waals surface area contributed by atoms with Crippen molar-refractivity contribution in [3.8, 4) is 0 Å². The Hall–Kier alpha value is -2.76. The van der Waals surface area contributed by atoms with Crippen molar-refractivity contribution in [3.05, 3.63) is 58.0 Å². The van der Waals surface area contributed by atoms with Crippen molar-refractivity contribution < 1.29 is 45.1 Å². The molecule has 29 heavy (non-hydrogen) atoms. The third-order valence-corrected chi connectivity index (χ3v) is 3.62. The maximum absolute atomic E-state index is 12.8. The van der Waals surface area contributed by atoms with E-state index < -0.39 is 47.7 Å². The van der Waals surface area contributed by atoms with Crippen molar-refractivity contribution in [3.63, 3.8) is 0 Å². The van der Waals surface area contributed by atoms with Crippen molar-refractivity contribution in [2.24, 2.45) is 0 Å². The van der Waals surface area contributed by atoms with Crippen LogP contribution in [0.4, 0.5) is 32.0 Å². The predicted molar refractivity (Wildman–Crippen MR) is 91.5 cm³/mol. The molecule has 0 fully saturated rings. The van der Waals surface area contributed by atoms with E-state index in [0.29, 0.717) is 22.6 Å². The number of anilines is 1. The summed E-state index contributed by atoms with van der Waals surface area (Å²) in [6, 6.07) is 3.68. The SMILES string of the molecule is O=C(COC(=O)C=Cc1ccc(Br)o1)Nc1cc(C(F)(F)F)cc(C(F)(F)F)c1. The fourth-order valence-electron chi connectivity index (χ4n) is 1.98. The molecule has 5 nitrogen and oxygen atoms in total. The van der Waals surface area contributed by atoms with Crippen molar-refractivity contribution in [2.75, 3.05) is 11.9 Å². The monoisotopic (exact) mass is 485 g/mol. The molecule has 156 valence electrons. The van der Waals surface area contributed by atoms with Gasteiger partial charge in [0.25, 0.3) is 5.91 Å². The number of carbonyl (C=O) groups excluding carboxylic acids is 2. The Kier molecular flexibility index (Phi) is 6.77. The summed E-state index contributed by atoms with van der Waals surface area (Å²) in [5, 5.41) is 1.83. The van der Waals surface area contributed by atoms with Crippen LogP contribution in [0.15, 0.2) is 45.5 Å². The summed E-state index contributed by atoms with van der Waals surface area (Å²) >= 11 is 3.04. The number of benzene rings is 1. The maximum atomic E-state index is 12.8. The molecule has 1 aromatic heterocycles. The number of nitrogens with one attached hydrogen (secondary N) is 1. The second kappa shape index (κ2) is 8.72. The quantitative estimate of drug-likeness (QED) is 0.355. The Bertz CT molecular complexity index is 900. The van der Waals surface area contributed by atoms with Gasteiger partial charge in [0.15, 0.2) is 11.3 Å². The van der Waals surface area contributed by atoms with Crippen LogP contribution in [0.5, 0.6) is 0 Å². The highest BCUT2D eigenvalue weighted by atomic mass is 79.9. The largest absolute Gasteiger partial charge is 0.452 e. The number of ether oxygens (including phenoxy) is 1. The molecule has 0 atom stereocenters. The number of alkyl halides is 6. The van der Waals surface area contributed by atoms with Crippen LogP contribution in [0.3, 0.4) is 0 Å². The molecule has 0 unspecified atom stereocenters. The van der Waals surface area contributed by atoms with Crippen LogP contribution >= 0.6 is 15.9 Å². The Morgan fingerprint density at radius 3 is 2.10 bits per heavy atom. The van der Waals surface area contributed by atoms with E-state index in [2.05, 4.69) is 20.7 Å². The van der Waals surface area contributed by atoms with Crippen LogP contribution in [-0.2, 0) is 26.7 Å². The highest BCUT2D eigenvalue weighted by Gasteiger charge is 2.37. The van der Waals surface area contributed by atoms with Crippen LogP contribution in [-0.4, -0.2) is 18.5 Å². The van der Waals surface area contributed by atoms with Gasteiger partial charge in [-0.1, -0.05) is 0 Å². The van der Waals surface area contributed by atoms with E-state index in [9.17, 15) is 35.9 Å². The lowest BCUT2D eigenvalue weighted by Crippen LogP contribution is -2.21. The molecule has 1 N–H and O–H groups in total. The number of hydrogen-bond donors (Lipinski definition) is 1. The summed E-state index contributed by atoms with van der Waals surface area (Å²) in [6.45, 7) is -0.928. The summed E-state index contributed by atoms with van der Waals surface area (Å²) in [6.07, 6.45) is -7.96. The lowest BCUT2D eigenvalue weighted by molar-refractivity contribution is -0.143. The van der Waals surface area contributed by atoms with Crippen molar-refractivity contribution in [2.45, 2.75) is 12.4 Å². The number of rotatable bonds is 5. The van der Waals surface area contributed by atoms with Gasteiger partial charge in [-0.25, -0.2) is 4.79 Å². The molecule has 0 radical (unpaired) electrons. The molecule has 0 aliphatic rings. The smallest absolute Gasteiger partial charge is 0.416 e. The molecule has 1 amide bonds. The average molecular weight is 486 g/mol. The standard InChI is InChI=1S/C17H10BrF6NO4/c18-13-3-1-12(29-13)2-4-15(27)28-8-14(26)25-11-6-9(16(19,20)21)5-10(7-11)17(22,23)24/h1-7H,8H2,(H,25,26). The van der Waals surface area contributed by atoms with Gasteiger partial charge in [-0.15, -0.1) is 0 Å². The van der Waals surface area contributed by atoms with Crippen LogP contribution in [0.2, 0.25) is 0 Å². The zero-order valence-corrected chi connectivity index (χ0v) is 15.6. The molecule has 1 aromatic carbocycles. The third kappa shape index (κ3) is 6.97. The summed E-state index contributed by atoms with van der Waals surface area (Å²) in [4.78, 5) is 23.2. The lowest BCUT2D eigenvalue weighted by atomic mass is 10.1.